The first kappa shape index (κ1) is 25.6. The van der Waals surface area contributed by atoms with E-state index in [0.717, 1.165) is 11.6 Å². The lowest BCUT2D eigenvalue weighted by molar-refractivity contribution is -0.143. The number of carbonyl (C=O) groups is 1. The molecular formula is C24H18F6N2O3. The number of amides is 1. The number of hydrogen-bond donors (Lipinski definition) is 2. The van der Waals surface area contributed by atoms with Gasteiger partial charge in [-0.3, -0.25) is 4.79 Å². The Morgan fingerprint density at radius 3 is 2.09 bits per heavy atom. The van der Waals surface area contributed by atoms with E-state index in [0.29, 0.717) is 23.4 Å². The van der Waals surface area contributed by atoms with Crippen LogP contribution in [0.4, 0.5) is 32.0 Å². The van der Waals surface area contributed by atoms with E-state index in [4.69, 9.17) is 4.84 Å². The molecule has 3 aromatic carbocycles. The van der Waals surface area contributed by atoms with Crippen LogP contribution in [0.5, 0.6) is 5.75 Å². The number of phenols is 1. The maximum absolute atomic E-state index is 13.1. The monoisotopic (exact) mass is 496 g/mol. The van der Waals surface area contributed by atoms with Crippen molar-refractivity contribution < 1.29 is 41.1 Å². The summed E-state index contributed by atoms with van der Waals surface area (Å²) in [7, 11) is 0. The number of oxime groups is 1. The second kappa shape index (κ2) is 10.1. The molecule has 11 heteroatoms. The van der Waals surface area contributed by atoms with E-state index in [2.05, 4.69) is 5.16 Å². The van der Waals surface area contributed by atoms with Gasteiger partial charge in [0.25, 0.3) is 5.91 Å². The molecule has 3 aromatic rings. The van der Waals surface area contributed by atoms with E-state index in [9.17, 15) is 36.2 Å². The normalized spacial score (nSPS) is 12.4. The van der Waals surface area contributed by atoms with Crippen molar-refractivity contribution >= 4 is 17.3 Å². The number of phenolic OH excluding ortho intramolecular Hbond substituents is 1. The van der Waals surface area contributed by atoms with E-state index < -0.39 is 40.8 Å². The van der Waals surface area contributed by atoms with Crippen LogP contribution >= 0.6 is 0 Å². The minimum absolute atomic E-state index is 0.0526. The van der Waals surface area contributed by atoms with E-state index in [1.165, 1.54) is 12.1 Å². The van der Waals surface area contributed by atoms with Gasteiger partial charge in [0.15, 0.2) is 0 Å². The average molecular weight is 496 g/mol. The number of alkyl halides is 6. The smallest absolute Gasteiger partial charge is 0.416 e. The topological polar surface area (TPSA) is 70.9 Å². The number of rotatable bonds is 6. The predicted molar refractivity (Wildman–Crippen MR) is 116 cm³/mol. The number of nitrogens with one attached hydrogen (secondary N) is 1. The molecule has 0 bridgehead atoms. The molecule has 1 amide bonds. The van der Waals surface area contributed by atoms with Gasteiger partial charge in [-0.25, -0.2) is 0 Å². The van der Waals surface area contributed by atoms with Crippen molar-refractivity contribution in [2.45, 2.75) is 25.9 Å². The molecule has 2 N–H and O–H groups in total. The van der Waals surface area contributed by atoms with Crippen molar-refractivity contribution in [3.05, 3.63) is 94.5 Å². The van der Waals surface area contributed by atoms with Gasteiger partial charge in [0.2, 0.25) is 0 Å². The van der Waals surface area contributed by atoms with Crippen LogP contribution in [-0.4, -0.2) is 16.7 Å². The van der Waals surface area contributed by atoms with Gasteiger partial charge in [0, 0.05) is 11.3 Å². The van der Waals surface area contributed by atoms with E-state index in [-0.39, 0.29) is 18.2 Å². The zero-order valence-electron chi connectivity index (χ0n) is 18.0. The van der Waals surface area contributed by atoms with Gasteiger partial charge in [-0.1, -0.05) is 35.5 Å². The molecule has 0 aliphatic heterocycles. The number of carbonyl (C=O) groups excluding carboxylic acids is 1. The summed E-state index contributed by atoms with van der Waals surface area (Å²) in [4.78, 5) is 17.9. The zero-order chi connectivity index (χ0) is 25.8. The third-order valence-electron chi connectivity index (χ3n) is 4.78. The first-order valence-corrected chi connectivity index (χ1v) is 9.99. The highest BCUT2D eigenvalue weighted by atomic mass is 19.4. The Bertz CT molecular complexity index is 1210. The maximum atomic E-state index is 13.1. The average Bonchev–Trinajstić information content (AvgIpc) is 2.78. The lowest BCUT2D eigenvalue weighted by Gasteiger charge is -2.15. The maximum Gasteiger partial charge on any atom is 0.416 e. The fourth-order valence-corrected chi connectivity index (χ4v) is 3.00. The second-order valence-corrected chi connectivity index (χ2v) is 7.42. The number of benzene rings is 3. The molecule has 184 valence electrons. The Balaban J connectivity index is 1.83. The molecule has 0 fully saturated rings. The molecule has 35 heavy (non-hydrogen) atoms. The summed E-state index contributed by atoms with van der Waals surface area (Å²) >= 11 is 0. The quantitative estimate of drug-likeness (QED) is 0.229. The highest BCUT2D eigenvalue weighted by molar-refractivity contribution is 6.08. The second-order valence-electron chi connectivity index (χ2n) is 7.42. The lowest BCUT2D eigenvalue weighted by Crippen LogP contribution is -2.16. The van der Waals surface area contributed by atoms with Gasteiger partial charge in [-0.05, 0) is 48.9 Å². The van der Waals surface area contributed by atoms with Gasteiger partial charge in [0.1, 0.15) is 12.4 Å². The first-order valence-electron chi connectivity index (χ1n) is 9.99. The molecule has 0 atom stereocenters. The Kier molecular flexibility index (Phi) is 7.37. The van der Waals surface area contributed by atoms with Crippen LogP contribution in [0.1, 0.15) is 39.5 Å². The summed E-state index contributed by atoms with van der Waals surface area (Å²) < 4.78 is 78.4. The number of aromatic hydroxyl groups is 1. The molecule has 0 spiro atoms. The Hall–Kier alpha value is -4.02. The molecule has 3 rings (SSSR count). The van der Waals surface area contributed by atoms with Gasteiger partial charge in [-0.2, -0.15) is 26.3 Å². The van der Waals surface area contributed by atoms with Gasteiger partial charge in [-0.15, -0.1) is 0 Å². The third kappa shape index (κ3) is 6.75. The molecule has 5 nitrogen and oxygen atoms in total. The molecule has 0 radical (unpaired) electrons. The summed E-state index contributed by atoms with van der Waals surface area (Å²) in [5, 5.41) is 16.0. The fraction of sp³-hybridized carbons (Fsp3) is 0.167. The predicted octanol–water partition coefficient (Wildman–Crippen LogP) is 6.62. The minimum atomic E-state index is -5.07. The summed E-state index contributed by atoms with van der Waals surface area (Å²) in [6.45, 7) is 1.72. The van der Waals surface area contributed by atoms with Crippen LogP contribution < -0.4 is 5.32 Å². The van der Waals surface area contributed by atoms with Gasteiger partial charge < -0.3 is 15.3 Å². The zero-order valence-corrected chi connectivity index (χ0v) is 18.0. The van der Waals surface area contributed by atoms with Crippen LogP contribution in [-0.2, 0) is 23.8 Å². The summed E-state index contributed by atoms with van der Waals surface area (Å²) in [5.41, 5.74) is -2.79. The fourth-order valence-electron chi connectivity index (χ4n) is 3.00. The van der Waals surface area contributed by atoms with Crippen molar-refractivity contribution in [1.82, 2.24) is 0 Å². The van der Waals surface area contributed by atoms with Crippen molar-refractivity contribution in [1.29, 1.82) is 0 Å². The molecule has 0 saturated heterocycles. The molecule has 0 unspecified atom stereocenters. The van der Waals surface area contributed by atoms with Crippen LogP contribution in [0, 0.1) is 0 Å². The van der Waals surface area contributed by atoms with Crippen molar-refractivity contribution in [3.8, 4) is 5.75 Å². The Labute approximate surface area is 195 Å². The SMILES string of the molecule is C/C(=N\OCc1ccccc1)c1ccc(O)c(C(=O)Nc2cc(C(F)(F)F)cc(C(F)(F)F)c2)c1. The van der Waals surface area contributed by atoms with Crippen LogP contribution in [0.15, 0.2) is 71.9 Å². The van der Waals surface area contributed by atoms with Crippen molar-refractivity contribution in [3.63, 3.8) is 0 Å². The molecule has 0 aliphatic carbocycles. The molecular weight excluding hydrogens is 478 g/mol. The lowest BCUT2D eigenvalue weighted by atomic mass is 10.0. The molecule has 0 heterocycles. The van der Waals surface area contributed by atoms with E-state index in [1.807, 2.05) is 35.6 Å². The van der Waals surface area contributed by atoms with E-state index >= 15 is 0 Å². The number of nitrogens with zero attached hydrogens (tertiary/aromatic N) is 1. The highest BCUT2D eigenvalue weighted by Crippen LogP contribution is 2.37. The molecule has 0 saturated carbocycles. The molecule has 0 aliphatic rings. The first-order chi connectivity index (χ1) is 16.3. The van der Waals surface area contributed by atoms with Crippen LogP contribution in [0.25, 0.3) is 0 Å². The van der Waals surface area contributed by atoms with Crippen molar-refractivity contribution in [2.75, 3.05) is 5.32 Å². The van der Waals surface area contributed by atoms with Gasteiger partial charge in [0.05, 0.1) is 22.4 Å². The number of halogens is 6. The van der Waals surface area contributed by atoms with Crippen LogP contribution in [0.2, 0.25) is 0 Å². The van der Waals surface area contributed by atoms with Crippen molar-refractivity contribution in [2.24, 2.45) is 5.16 Å². The number of anilines is 1. The third-order valence-corrected chi connectivity index (χ3v) is 4.78. The largest absolute Gasteiger partial charge is 0.507 e. The Morgan fingerprint density at radius 1 is 0.914 bits per heavy atom. The van der Waals surface area contributed by atoms with Gasteiger partial charge >= 0.3 is 12.4 Å². The standard InChI is InChI=1S/C24H18F6N2O3/c1-14(32-35-13-15-5-3-2-4-6-15)16-7-8-21(33)20(9-16)22(34)31-19-11-17(23(25,26)27)10-18(12-19)24(28,29)30/h2-12,33H,13H2,1H3,(H,31,34)/b32-14+. The summed E-state index contributed by atoms with van der Waals surface area (Å²) in [5.74, 6) is -1.65. The molecule has 0 aromatic heterocycles. The highest BCUT2D eigenvalue weighted by Gasteiger charge is 2.37. The van der Waals surface area contributed by atoms with Crippen LogP contribution in [0.3, 0.4) is 0 Å². The summed E-state index contributed by atoms with van der Waals surface area (Å²) in [6.07, 6.45) is -10.1. The Morgan fingerprint density at radius 2 is 1.51 bits per heavy atom. The van der Waals surface area contributed by atoms with E-state index in [1.54, 1.807) is 6.92 Å². The number of hydrogen-bond acceptors (Lipinski definition) is 4. The summed E-state index contributed by atoms with van der Waals surface area (Å²) in [6, 6.07) is 13.6. The minimum Gasteiger partial charge on any atom is -0.507 e.